The number of halogens is 1. The quantitative estimate of drug-likeness (QED) is 0.362. The third-order valence-electron chi connectivity index (χ3n) is 6.87. The summed E-state index contributed by atoms with van der Waals surface area (Å²) in [4.78, 5) is 14.6. The summed E-state index contributed by atoms with van der Waals surface area (Å²) < 4.78 is 0. The Morgan fingerprint density at radius 2 is 1.18 bits per heavy atom. The van der Waals surface area contributed by atoms with Crippen molar-refractivity contribution in [3.63, 3.8) is 0 Å². The van der Waals surface area contributed by atoms with Crippen molar-refractivity contribution in [2.75, 3.05) is 19.3 Å². The van der Waals surface area contributed by atoms with Crippen molar-refractivity contribution in [1.29, 1.82) is 0 Å². The van der Waals surface area contributed by atoms with Gasteiger partial charge in [0.2, 0.25) is 5.91 Å². The molecule has 0 atom stereocenters. The molecule has 3 aromatic carbocycles. The SMILES string of the molecule is NC1CCN(C(=O)CCCCC[P+](c2ccccc2)(c2ccccc2)c2ccccc2)CC1.[Cl-]. The maximum absolute atomic E-state index is 12.6. The number of likely N-dealkylation sites (tertiary alicyclic amines) is 1. The van der Waals surface area contributed by atoms with Crippen molar-refractivity contribution in [3.8, 4) is 0 Å². The summed E-state index contributed by atoms with van der Waals surface area (Å²) in [5, 5.41) is 4.30. The molecule has 1 fully saturated rings. The number of benzene rings is 3. The van der Waals surface area contributed by atoms with Crippen LogP contribution in [0.25, 0.3) is 0 Å². The van der Waals surface area contributed by atoms with E-state index in [1.54, 1.807) is 0 Å². The first kappa shape index (κ1) is 26.4. The molecule has 0 spiro atoms. The van der Waals surface area contributed by atoms with E-state index in [1.165, 1.54) is 15.9 Å². The molecule has 0 bridgehead atoms. The third-order valence-corrected chi connectivity index (χ3v) is 11.4. The zero-order valence-electron chi connectivity index (χ0n) is 19.9. The zero-order valence-corrected chi connectivity index (χ0v) is 21.5. The van der Waals surface area contributed by atoms with Gasteiger partial charge in [0, 0.05) is 25.6 Å². The maximum atomic E-state index is 12.6. The number of carbonyl (C=O) groups is 1. The molecule has 4 rings (SSSR count). The second kappa shape index (κ2) is 13.0. The number of hydrogen-bond acceptors (Lipinski definition) is 2. The summed E-state index contributed by atoms with van der Waals surface area (Å²) in [6.07, 6.45) is 6.80. The molecule has 2 N–H and O–H groups in total. The molecule has 5 heteroatoms. The van der Waals surface area contributed by atoms with Crippen LogP contribution in [0, 0.1) is 0 Å². The lowest BCUT2D eigenvalue weighted by molar-refractivity contribution is -0.132. The predicted molar refractivity (Wildman–Crippen MR) is 142 cm³/mol. The Kier molecular flexibility index (Phi) is 10.1. The van der Waals surface area contributed by atoms with Gasteiger partial charge in [0.1, 0.15) is 23.2 Å². The van der Waals surface area contributed by atoms with E-state index < -0.39 is 7.26 Å². The van der Waals surface area contributed by atoms with Gasteiger partial charge in [-0.05, 0) is 68.5 Å². The highest BCUT2D eigenvalue weighted by atomic mass is 35.5. The highest BCUT2D eigenvalue weighted by Gasteiger charge is 2.44. The van der Waals surface area contributed by atoms with Gasteiger partial charge >= 0.3 is 0 Å². The van der Waals surface area contributed by atoms with E-state index in [9.17, 15) is 4.79 Å². The van der Waals surface area contributed by atoms with Crippen molar-refractivity contribution in [1.82, 2.24) is 4.90 Å². The third kappa shape index (κ3) is 6.27. The van der Waals surface area contributed by atoms with Gasteiger partial charge in [-0.25, -0.2) is 0 Å². The van der Waals surface area contributed by atoms with E-state index in [0.717, 1.165) is 51.4 Å². The molecule has 1 aliphatic rings. The summed E-state index contributed by atoms with van der Waals surface area (Å²) in [5.74, 6) is 0.303. The molecule has 0 aromatic heterocycles. The molecule has 1 amide bonds. The summed E-state index contributed by atoms with van der Waals surface area (Å²) in [6.45, 7) is 1.65. The fourth-order valence-electron chi connectivity index (χ4n) is 4.99. The van der Waals surface area contributed by atoms with Crippen LogP contribution in [-0.2, 0) is 4.79 Å². The van der Waals surface area contributed by atoms with Crippen LogP contribution < -0.4 is 34.1 Å². The van der Waals surface area contributed by atoms with E-state index in [-0.39, 0.29) is 18.4 Å². The lowest BCUT2D eigenvalue weighted by Gasteiger charge is -2.30. The molecule has 0 unspecified atom stereocenters. The van der Waals surface area contributed by atoms with Crippen molar-refractivity contribution in [2.45, 2.75) is 44.6 Å². The van der Waals surface area contributed by atoms with Crippen molar-refractivity contribution in [3.05, 3.63) is 91.0 Å². The Balaban J connectivity index is 0.00000324. The Morgan fingerprint density at radius 3 is 1.62 bits per heavy atom. The summed E-state index contributed by atoms with van der Waals surface area (Å²) in [6, 6.07) is 33.4. The summed E-state index contributed by atoms with van der Waals surface area (Å²) in [7, 11) is -1.76. The fraction of sp³-hybridized carbons (Fsp3) is 0.345. The van der Waals surface area contributed by atoms with Crippen LogP contribution in [-0.4, -0.2) is 36.1 Å². The van der Waals surface area contributed by atoms with Gasteiger partial charge in [-0.2, -0.15) is 0 Å². The number of nitrogens with two attached hydrogens (primary N) is 1. The van der Waals surface area contributed by atoms with E-state index in [2.05, 4.69) is 91.0 Å². The van der Waals surface area contributed by atoms with Gasteiger partial charge in [0.05, 0.1) is 6.16 Å². The van der Waals surface area contributed by atoms with Gasteiger partial charge in [-0.15, -0.1) is 0 Å². The average Bonchev–Trinajstić information content (AvgIpc) is 2.88. The number of hydrogen-bond donors (Lipinski definition) is 1. The fourth-order valence-corrected chi connectivity index (χ4v) is 9.40. The molecule has 1 saturated heterocycles. The van der Waals surface area contributed by atoms with Crippen molar-refractivity contribution in [2.24, 2.45) is 5.73 Å². The number of piperidine rings is 1. The first-order valence-corrected chi connectivity index (χ1v) is 14.3. The molecule has 3 nitrogen and oxygen atoms in total. The molecule has 0 radical (unpaired) electrons. The van der Waals surface area contributed by atoms with Crippen LogP contribution in [0.1, 0.15) is 38.5 Å². The number of amides is 1. The minimum Gasteiger partial charge on any atom is -1.00 e. The van der Waals surface area contributed by atoms with Crippen LogP contribution >= 0.6 is 7.26 Å². The molecular formula is C29H36ClN2OP. The van der Waals surface area contributed by atoms with Crippen LogP contribution in [0.5, 0.6) is 0 Å². The smallest absolute Gasteiger partial charge is 0.222 e. The molecule has 1 heterocycles. The molecular weight excluding hydrogens is 459 g/mol. The van der Waals surface area contributed by atoms with Crippen molar-refractivity contribution >= 4 is 29.1 Å². The molecule has 3 aromatic rings. The second-order valence-electron chi connectivity index (χ2n) is 9.07. The first-order chi connectivity index (χ1) is 16.2. The Hall–Kier alpha value is -2.19. The van der Waals surface area contributed by atoms with Crippen LogP contribution in [0.3, 0.4) is 0 Å². The molecule has 1 aliphatic heterocycles. The van der Waals surface area contributed by atoms with Gasteiger partial charge in [0.15, 0.2) is 0 Å². The first-order valence-electron chi connectivity index (χ1n) is 12.3. The van der Waals surface area contributed by atoms with E-state index in [0.29, 0.717) is 12.3 Å². The monoisotopic (exact) mass is 494 g/mol. The summed E-state index contributed by atoms with van der Waals surface area (Å²) >= 11 is 0. The number of unbranched alkanes of at least 4 members (excludes halogenated alkanes) is 2. The Bertz CT molecular complexity index is 896. The topological polar surface area (TPSA) is 46.3 Å². The van der Waals surface area contributed by atoms with E-state index in [4.69, 9.17) is 5.73 Å². The van der Waals surface area contributed by atoms with E-state index >= 15 is 0 Å². The van der Waals surface area contributed by atoms with Crippen LogP contribution in [0.2, 0.25) is 0 Å². The van der Waals surface area contributed by atoms with Crippen molar-refractivity contribution < 1.29 is 17.2 Å². The summed E-state index contributed by atoms with van der Waals surface area (Å²) in [5.41, 5.74) is 5.99. The minimum absolute atomic E-state index is 0. The normalized spacial score (nSPS) is 14.4. The molecule has 180 valence electrons. The largest absolute Gasteiger partial charge is 1.00 e. The minimum atomic E-state index is -1.76. The highest BCUT2D eigenvalue weighted by Crippen LogP contribution is 2.55. The molecule has 0 aliphatic carbocycles. The molecule has 0 saturated carbocycles. The second-order valence-corrected chi connectivity index (χ2v) is 12.7. The standard InChI is InChI=1S/C29H36N2OP.ClH/c30-25-20-22-31(23-21-25)29(32)19-11-4-12-24-33(26-13-5-1-6-14-26,27-15-7-2-8-16-27)28-17-9-3-10-18-28;/h1-3,5-10,13-18,25H,4,11-12,19-24,30H2;1H/q+1;/p-1. The van der Waals surface area contributed by atoms with Gasteiger partial charge < -0.3 is 23.0 Å². The lowest BCUT2D eigenvalue weighted by atomic mass is 10.1. The predicted octanol–water partition coefficient (Wildman–Crippen LogP) is 1.49. The average molecular weight is 495 g/mol. The Morgan fingerprint density at radius 1 is 0.735 bits per heavy atom. The van der Waals surface area contributed by atoms with Gasteiger partial charge in [-0.1, -0.05) is 54.6 Å². The van der Waals surface area contributed by atoms with E-state index in [1.807, 2.05) is 4.90 Å². The maximum Gasteiger partial charge on any atom is 0.222 e. The molecule has 34 heavy (non-hydrogen) atoms. The Labute approximate surface area is 211 Å². The lowest BCUT2D eigenvalue weighted by Crippen LogP contribution is -3.00. The van der Waals surface area contributed by atoms with Gasteiger partial charge in [-0.3, -0.25) is 4.79 Å². The number of nitrogens with zero attached hydrogens (tertiary/aromatic N) is 1. The van der Waals surface area contributed by atoms with Gasteiger partial charge in [0.25, 0.3) is 0 Å². The highest BCUT2D eigenvalue weighted by molar-refractivity contribution is 7.95. The number of carbonyl (C=O) groups excluding carboxylic acids is 1. The van der Waals surface area contributed by atoms with Crippen LogP contribution in [0.4, 0.5) is 0 Å². The van der Waals surface area contributed by atoms with Crippen LogP contribution in [0.15, 0.2) is 91.0 Å². The zero-order chi connectivity index (χ0) is 22.9. The number of rotatable bonds is 9.